The van der Waals surface area contributed by atoms with Crippen molar-refractivity contribution >= 4 is 39.6 Å². The molecule has 5 rings (SSSR count). The number of hydrogen-bond donors (Lipinski definition) is 2. The van der Waals surface area contributed by atoms with Crippen molar-refractivity contribution in [2.75, 3.05) is 26.0 Å². The van der Waals surface area contributed by atoms with Crippen LogP contribution in [0.5, 0.6) is 5.75 Å². The predicted octanol–water partition coefficient (Wildman–Crippen LogP) is 3.57. The Morgan fingerprint density at radius 2 is 2.18 bits per heavy atom. The molecule has 1 aliphatic rings. The van der Waals surface area contributed by atoms with Gasteiger partial charge in [-0.3, -0.25) is 9.59 Å². The number of thioether (sulfide) groups is 1. The van der Waals surface area contributed by atoms with Crippen molar-refractivity contribution in [2.24, 2.45) is 0 Å². The van der Waals surface area contributed by atoms with Gasteiger partial charge in [0.1, 0.15) is 16.8 Å². The number of carbonyl (C=O) groups is 1. The van der Waals surface area contributed by atoms with Crippen LogP contribution in [0.15, 0.2) is 52.4 Å². The summed E-state index contributed by atoms with van der Waals surface area (Å²) in [6.45, 7) is 3.19. The van der Waals surface area contributed by atoms with Gasteiger partial charge in [-0.05, 0) is 43.5 Å². The second-order valence-electron chi connectivity index (χ2n) is 8.33. The van der Waals surface area contributed by atoms with Gasteiger partial charge >= 0.3 is 0 Å². The number of methoxy groups -OCH3 is 1. The summed E-state index contributed by atoms with van der Waals surface area (Å²) < 4.78 is 12.7. The smallest absolute Gasteiger partial charge is 0.283 e. The van der Waals surface area contributed by atoms with Crippen LogP contribution in [0.1, 0.15) is 18.4 Å². The van der Waals surface area contributed by atoms with Crippen LogP contribution in [0.3, 0.4) is 0 Å². The monoisotopic (exact) mass is 478 g/mol. The Hall–Kier alpha value is -3.30. The molecule has 0 aliphatic carbocycles. The van der Waals surface area contributed by atoms with Gasteiger partial charge in [-0.15, -0.1) is 0 Å². The number of H-pyrrole nitrogens is 1. The molecule has 1 fully saturated rings. The normalized spacial score (nSPS) is 15.8. The van der Waals surface area contributed by atoms with Crippen molar-refractivity contribution in [3.63, 3.8) is 0 Å². The summed E-state index contributed by atoms with van der Waals surface area (Å²) in [5, 5.41) is 4.22. The highest BCUT2D eigenvalue weighted by Gasteiger charge is 2.21. The second kappa shape index (κ2) is 9.52. The number of rotatable bonds is 7. The highest BCUT2D eigenvalue weighted by atomic mass is 32.2. The number of ether oxygens (including phenoxy) is 2. The largest absolute Gasteiger partial charge is 0.495 e. The third-order valence-electron chi connectivity index (χ3n) is 5.95. The number of amides is 1. The zero-order valence-corrected chi connectivity index (χ0v) is 19.9. The molecular weight excluding hydrogens is 452 g/mol. The van der Waals surface area contributed by atoms with E-state index >= 15 is 0 Å². The number of aryl methyl sites for hydroxylation is 1. The van der Waals surface area contributed by atoms with Gasteiger partial charge in [0.15, 0.2) is 5.16 Å². The fraction of sp³-hybridized carbons (Fsp3) is 0.320. The highest BCUT2D eigenvalue weighted by molar-refractivity contribution is 7.99. The lowest BCUT2D eigenvalue weighted by Gasteiger charge is -2.16. The molecule has 0 bridgehead atoms. The number of nitrogens with zero attached hydrogens (tertiary/aromatic N) is 2. The van der Waals surface area contributed by atoms with Crippen LogP contribution >= 0.6 is 11.8 Å². The van der Waals surface area contributed by atoms with Crippen molar-refractivity contribution in [1.82, 2.24) is 19.9 Å². The van der Waals surface area contributed by atoms with E-state index < -0.39 is 0 Å². The summed E-state index contributed by atoms with van der Waals surface area (Å²) in [7, 11) is 1.57. The SMILES string of the molecule is COc1ccc(C)cc1-n1c(SCC(=O)NC[C@H]2CCCO2)nc2c([nH]c3ccccc32)c1=O. The Labute approximate surface area is 200 Å². The Kier molecular flexibility index (Phi) is 6.30. The molecule has 176 valence electrons. The number of hydrogen-bond acceptors (Lipinski definition) is 6. The lowest BCUT2D eigenvalue weighted by molar-refractivity contribution is -0.119. The zero-order valence-electron chi connectivity index (χ0n) is 19.1. The van der Waals surface area contributed by atoms with Gasteiger partial charge in [-0.2, -0.15) is 0 Å². The zero-order chi connectivity index (χ0) is 23.7. The van der Waals surface area contributed by atoms with Crippen molar-refractivity contribution in [2.45, 2.75) is 31.0 Å². The summed E-state index contributed by atoms with van der Waals surface area (Å²) in [6, 6.07) is 13.3. The van der Waals surface area contributed by atoms with E-state index in [2.05, 4.69) is 10.3 Å². The van der Waals surface area contributed by atoms with Crippen molar-refractivity contribution in [3.8, 4) is 11.4 Å². The van der Waals surface area contributed by atoms with E-state index in [9.17, 15) is 9.59 Å². The van der Waals surface area contributed by atoms with Gasteiger partial charge in [0.2, 0.25) is 5.91 Å². The molecule has 2 N–H and O–H groups in total. The van der Waals surface area contributed by atoms with Crippen LogP contribution in [-0.4, -0.2) is 52.6 Å². The second-order valence-corrected chi connectivity index (χ2v) is 9.27. The van der Waals surface area contributed by atoms with Gasteiger partial charge in [-0.1, -0.05) is 36.0 Å². The Bertz CT molecular complexity index is 1420. The first kappa shape index (κ1) is 22.5. The quantitative estimate of drug-likeness (QED) is 0.311. The van der Waals surface area contributed by atoms with E-state index in [0.717, 1.165) is 35.9 Å². The molecule has 9 heteroatoms. The Balaban J connectivity index is 1.56. The molecule has 1 atom stereocenters. The van der Waals surface area contributed by atoms with E-state index in [-0.39, 0.29) is 23.3 Å². The average molecular weight is 479 g/mol. The van der Waals surface area contributed by atoms with Crippen molar-refractivity contribution < 1.29 is 14.3 Å². The fourth-order valence-electron chi connectivity index (χ4n) is 4.24. The minimum atomic E-state index is -0.243. The molecule has 0 saturated carbocycles. The molecule has 4 aromatic rings. The average Bonchev–Trinajstić information content (AvgIpc) is 3.50. The molecule has 34 heavy (non-hydrogen) atoms. The van der Waals surface area contributed by atoms with Crippen molar-refractivity contribution in [3.05, 3.63) is 58.4 Å². The number of fused-ring (bicyclic) bond motifs is 3. The first-order valence-corrected chi connectivity index (χ1v) is 12.2. The van der Waals surface area contributed by atoms with Crippen LogP contribution in [0.2, 0.25) is 0 Å². The van der Waals surface area contributed by atoms with Crippen LogP contribution in [-0.2, 0) is 9.53 Å². The van der Waals surface area contributed by atoms with E-state index in [0.29, 0.717) is 34.2 Å². The molecule has 0 radical (unpaired) electrons. The van der Waals surface area contributed by atoms with E-state index in [1.54, 1.807) is 7.11 Å². The van der Waals surface area contributed by atoms with E-state index in [1.165, 1.54) is 16.3 Å². The first-order chi connectivity index (χ1) is 16.5. The molecule has 1 saturated heterocycles. The highest BCUT2D eigenvalue weighted by Crippen LogP contribution is 2.30. The van der Waals surface area contributed by atoms with Gasteiger partial charge < -0.3 is 19.8 Å². The Morgan fingerprint density at radius 1 is 1.32 bits per heavy atom. The predicted molar refractivity (Wildman–Crippen MR) is 133 cm³/mol. The van der Waals surface area contributed by atoms with E-state index in [4.69, 9.17) is 14.5 Å². The van der Waals surface area contributed by atoms with Crippen LogP contribution in [0, 0.1) is 6.92 Å². The topological polar surface area (TPSA) is 98.2 Å². The van der Waals surface area contributed by atoms with Crippen molar-refractivity contribution in [1.29, 1.82) is 0 Å². The lowest BCUT2D eigenvalue weighted by atomic mass is 10.2. The van der Waals surface area contributed by atoms with Gasteiger partial charge in [0, 0.05) is 24.1 Å². The molecule has 2 aromatic heterocycles. The van der Waals surface area contributed by atoms with Crippen LogP contribution < -0.4 is 15.6 Å². The number of benzene rings is 2. The fourth-order valence-corrected chi connectivity index (χ4v) is 5.07. The standard InChI is InChI=1S/C25H26N4O4S/c1-15-9-10-20(32-2)19(12-15)29-24(31)23-22(17-7-3-4-8-18(17)27-23)28-25(29)34-14-21(30)26-13-16-6-5-11-33-16/h3-4,7-10,12,16,27H,5-6,11,13-14H2,1-2H3,(H,26,30)/t16-/m1/s1. The maximum atomic E-state index is 13.7. The molecule has 1 amide bonds. The van der Waals surface area contributed by atoms with Crippen LogP contribution in [0.25, 0.3) is 27.6 Å². The minimum Gasteiger partial charge on any atom is -0.495 e. The minimum absolute atomic E-state index is 0.0735. The molecule has 8 nitrogen and oxygen atoms in total. The van der Waals surface area contributed by atoms with Gasteiger partial charge in [0.25, 0.3) is 5.56 Å². The van der Waals surface area contributed by atoms with Gasteiger partial charge in [-0.25, -0.2) is 9.55 Å². The summed E-state index contributed by atoms with van der Waals surface area (Å²) in [5.41, 5.74) is 3.16. The molecular formula is C25H26N4O4S. The maximum absolute atomic E-state index is 13.7. The Morgan fingerprint density at radius 3 is 2.97 bits per heavy atom. The number of carbonyl (C=O) groups excluding carboxylic acids is 1. The molecule has 0 spiro atoms. The summed E-state index contributed by atoms with van der Waals surface area (Å²) in [5.74, 6) is 0.549. The molecule has 2 aromatic carbocycles. The number of aromatic nitrogens is 3. The maximum Gasteiger partial charge on any atom is 0.283 e. The number of nitrogens with one attached hydrogen (secondary N) is 2. The van der Waals surface area contributed by atoms with Crippen LogP contribution in [0.4, 0.5) is 0 Å². The first-order valence-electron chi connectivity index (χ1n) is 11.2. The van der Waals surface area contributed by atoms with E-state index in [1.807, 2.05) is 49.4 Å². The summed E-state index contributed by atoms with van der Waals surface area (Å²) in [4.78, 5) is 34.4. The molecule has 3 heterocycles. The molecule has 1 aliphatic heterocycles. The summed E-state index contributed by atoms with van der Waals surface area (Å²) in [6.07, 6.45) is 2.05. The number of aromatic amines is 1. The third kappa shape index (κ3) is 4.28. The third-order valence-corrected chi connectivity index (χ3v) is 6.89. The lowest BCUT2D eigenvalue weighted by Crippen LogP contribution is -2.33. The molecule has 0 unspecified atom stereocenters. The van der Waals surface area contributed by atoms with Gasteiger partial charge in [0.05, 0.1) is 24.7 Å². The number of para-hydroxylation sites is 1. The summed E-state index contributed by atoms with van der Waals surface area (Å²) >= 11 is 1.23.